The number of ether oxygens (including phenoxy) is 3. The largest absolute Gasteiger partial charge is 0.462 e. The lowest BCUT2D eigenvalue weighted by molar-refractivity contribution is -0.142. The monoisotopic (exact) mass is 311 g/mol. The van der Waals surface area contributed by atoms with Gasteiger partial charge in [-0.15, -0.1) is 0 Å². The molecule has 7 nitrogen and oxygen atoms in total. The maximum atomic E-state index is 10.8. The van der Waals surface area contributed by atoms with Gasteiger partial charge in [-0.3, -0.25) is 0 Å². The van der Waals surface area contributed by atoms with E-state index in [1.807, 2.05) is 0 Å². The highest BCUT2D eigenvalue weighted by Crippen LogP contribution is 2.01. The van der Waals surface area contributed by atoms with Gasteiger partial charge in [0.05, 0.1) is 19.8 Å². The topological polar surface area (TPSA) is 91.3 Å². The molecule has 0 unspecified atom stereocenters. The molecule has 0 bridgehead atoms. The van der Waals surface area contributed by atoms with Crippen LogP contribution in [0, 0.1) is 5.92 Å². The van der Waals surface area contributed by atoms with Gasteiger partial charge in [-0.25, -0.2) is 19.4 Å². The van der Waals surface area contributed by atoms with Crippen molar-refractivity contribution in [2.45, 2.75) is 12.8 Å². The second-order valence-corrected chi connectivity index (χ2v) is 4.29. The molecule has 0 aromatic rings. The first-order chi connectivity index (χ1) is 10.6. The molecule has 0 aliphatic carbocycles. The number of carbonyl (C=O) groups is 2. The Balaban J connectivity index is 0.000000734. The number of nitrogens with zero attached hydrogens (tertiary/aromatic N) is 1. The van der Waals surface area contributed by atoms with Crippen molar-refractivity contribution < 1.29 is 28.6 Å². The summed E-state index contributed by atoms with van der Waals surface area (Å²) in [5.74, 6) is -1.59. The van der Waals surface area contributed by atoms with Crippen molar-refractivity contribution in [1.82, 2.24) is 0 Å². The molecule has 1 aliphatic heterocycles. The Bertz CT molecular complexity index is 379. The molecule has 0 N–H and O–H groups in total. The first-order valence-electron chi connectivity index (χ1n) is 6.83. The summed E-state index contributed by atoms with van der Waals surface area (Å²) in [4.78, 5) is 34.9. The molecule has 1 aliphatic rings. The van der Waals surface area contributed by atoms with E-state index >= 15 is 0 Å². The number of isocyanates is 1. The molecule has 0 amide bonds. The van der Waals surface area contributed by atoms with E-state index in [1.54, 1.807) is 0 Å². The summed E-state index contributed by atoms with van der Waals surface area (Å²) in [6, 6.07) is 0. The standard InChI is InChI=1S/C11H13NO5.C4H8O/c1-3-10(14)16-6-9(5-12-8-13)7-17-11(15)4-2;1-2-4-5-3-1/h3-4,9H,1-2,5-7H2;1-4H2. The minimum atomic E-state index is -0.597. The molecule has 122 valence electrons. The third kappa shape index (κ3) is 11.6. The smallest absolute Gasteiger partial charge is 0.330 e. The molecule has 0 spiro atoms. The molecule has 1 saturated heterocycles. The molecule has 1 heterocycles. The van der Waals surface area contributed by atoms with Gasteiger partial charge in [0.1, 0.15) is 0 Å². The summed E-state index contributed by atoms with van der Waals surface area (Å²) >= 11 is 0. The number of rotatable bonds is 8. The molecule has 0 saturated carbocycles. The third-order valence-corrected chi connectivity index (χ3v) is 2.50. The zero-order valence-electron chi connectivity index (χ0n) is 12.5. The fraction of sp³-hybridized carbons (Fsp3) is 0.533. The fourth-order valence-electron chi connectivity index (χ4n) is 1.35. The third-order valence-electron chi connectivity index (χ3n) is 2.50. The van der Waals surface area contributed by atoms with Crippen molar-refractivity contribution in [3.63, 3.8) is 0 Å². The number of hydrogen-bond acceptors (Lipinski definition) is 7. The minimum absolute atomic E-state index is 0.0273. The van der Waals surface area contributed by atoms with Crippen molar-refractivity contribution in [3.8, 4) is 0 Å². The van der Waals surface area contributed by atoms with Crippen LogP contribution in [-0.4, -0.2) is 51.0 Å². The summed E-state index contributed by atoms with van der Waals surface area (Å²) in [5, 5.41) is 0. The van der Waals surface area contributed by atoms with E-state index in [9.17, 15) is 14.4 Å². The number of aliphatic imine (C=N–C) groups is 1. The lowest BCUT2D eigenvalue weighted by Gasteiger charge is -2.13. The SMILES string of the molecule is C1CCOC1.C=CC(=O)OCC(CN=C=O)COC(=O)C=C. The lowest BCUT2D eigenvalue weighted by atomic mass is 10.2. The number of carbonyl (C=O) groups excluding carboxylic acids is 3. The summed E-state index contributed by atoms with van der Waals surface area (Å²) in [6.45, 7) is 8.46. The van der Waals surface area contributed by atoms with Gasteiger partial charge in [0, 0.05) is 31.3 Å². The van der Waals surface area contributed by atoms with Crippen LogP contribution in [0.2, 0.25) is 0 Å². The fourth-order valence-corrected chi connectivity index (χ4v) is 1.35. The van der Waals surface area contributed by atoms with Gasteiger partial charge in [0.2, 0.25) is 6.08 Å². The van der Waals surface area contributed by atoms with E-state index in [1.165, 1.54) is 18.9 Å². The Morgan fingerprint density at radius 2 is 1.64 bits per heavy atom. The van der Waals surface area contributed by atoms with E-state index in [0.717, 1.165) is 25.4 Å². The first kappa shape index (κ1) is 19.8. The zero-order chi connectivity index (χ0) is 16.6. The average Bonchev–Trinajstić information content (AvgIpc) is 3.13. The van der Waals surface area contributed by atoms with Crippen LogP contribution in [0.5, 0.6) is 0 Å². The van der Waals surface area contributed by atoms with Crippen LogP contribution in [0.25, 0.3) is 0 Å². The molecule has 0 aromatic carbocycles. The predicted molar refractivity (Wildman–Crippen MR) is 78.8 cm³/mol. The maximum absolute atomic E-state index is 10.8. The molecule has 22 heavy (non-hydrogen) atoms. The Kier molecular flexibility index (Phi) is 12.3. The van der Waals surface area contributed by atoms with Crippen molar-refractivity contribution in [2.75, 3.05) is 33.0 Å². The summed E-state index contributed by atoms with van der Waals surface area (Å²) in [7, 11) is 0. The molecule has 1 fully saturated rings. The van der Waals surface area contributed by atoms with Crippen LogP contribution in [0.15, 0.2) is 30.3 Å². The van der Waals surface area contributed by atoms with E-state index in [4.69, 9.17) is 14.2 Å². The Hall–Kier alpha value is -2.24. The molecule has 0 radical (unpaired) electrons. The van der Waals surface area contributed by atoms with Gasteiger partial charge >= 0.3 is 11.9 Å². The van der Waals surface area contributed by atoms with Crippen molar-refractivity contribution in [2.24, 2.45) is 10.9 Å². The van der Waals surface area contributed by atoms with Crippen LogP contribution in [-0.2, 0) is 28.6 Å². The molecule has 1 rings (SSSR count). The minimum Gasteiger partial charge on any atom is -0.462 e. The predicted octanol–water partition coefficient (Wildman–Crippen LogP) is 1.19. The van der Waals surface area contributed by atoms with Crippen LogP contribution >= 0.6 is 0 Å². The average molecular weight is 311 g/mol. The highest BCUT2D eigenvalue weighted by atomic mass is 16.5. The van der Waals surface area contributed by atoms with Crippen LogP contribution in [0.1, 0.15) is 12.8 Å². The van der Waals surface area contributed by atoms with Crippen molar-refractivity contribution in [1.29, 1.82) is 0 Å². The van der Waals surface area contributed by atoms with Gasteiger partial charge in [0.15, 0.2) is 0 Å². The summed E-state index contributed by atoms with van der Waals surface area (Å²) in [5.41, 5.74) is 0. The van der Waals surface area contributed by atoms with Gasteiger partial charge in [0.25, 0.3) is 0 Å². The molecule has 0 aromatic heterocycles. The molecular formula is C15H21NO6. The number of esters is 2. The van der Waals surface area contributed by atoms with E-state index < -0.39 is 17.9 Å². The second kappa shape index (κ2) is 13.7. The van der Waals surface area contributed by atoms with Crippen LogP contribution in [0.4, 0.5) is 0 Å². The highest BCUT2D eigenvalue weighted by Gasteiger charge is 2.13. The maximum Gasteiger partial charge on any atom is 0.330 e. The molecule has 7 heteroatoms. The quantitative estimate of drug-likeness (QED) is 0.289. The molecule has 0 atom stereocenters. The van der Waals surface area contributed by atoms with Gasteiger partial charge in [-0.2, -0.15) is 0 Å². The van der Waals surface area contributed by atoms with Crippen LogP contribution < -0.4 is 0 Å². The van der Waals surface area contributed by atoms with Gasteiger partial charge < -0.3 is 14.2 Å². The number of hydrogen-bond donors (Lipinski definition) is 0. The van der Waals surface area contributed by atoms with E-state index in [-0.39, 0.29) is 19.8 Å². The highest BCUT2D eigenvalue weighted by molar-refractivity contribution is 5.81. The van der Waals surface area contributed by atoms with Crippen molar-refractivity contribution in [3.05, 3.63) is 25.3 Å². The molecular weight excluding hydrogens is 290 g/mol. The van der Waals surface area contributed by atoms with Gasteiger partial charge in [-0.05, 0) is 12.8 Å². The Morgan fingerprint density at radius 1 is 1.14 bits per heavy atom. The second-order valence-electron chi connectivity index (χ2n) is 4.29. The Labute approximate surface area is 129 Å². The lowest BCUT2D eigenvalue weighted by Crippen LogP contribution is -2.22. The van der Waals surface area contributed by atoms with Crippen LogP contribution in [0.3, 0.4) is 0 Å². The zero-order valence-corrected chi connectivity index (χ0v) is 12.5. The normalized spacial score (nSPS) is 12.4. The summed E-state index contributed by atoms with van der Waals surface area (Å²) in [6.07, 6.45) is 5.93. The first-order valence-corrected chi connectivity index (χ1v) is 6.83. The van der Waals surface area contributed by atoms with Gasteiger partial charge in [-0.1, -0.05) is 13.2 Å². The van der Waals surface area contributed by atoms with E-state index in [2.05, 4.69) is 18.2 Å². The van der Waals surface area contributed by atoms with E-state index in [0.29, 0.717) is 0 Å². The Morgan fingerprint density at radius 3 is 1.95 bits per heavy atom. The van der Waals surface area contributed by atoms with Crippen molar-refractivity contribution >= 4 is 18.0 Å². The summed E-state index contributed by atoms with van der Waals surface area (Å²) < 4.78 is 14.4.